The number of hydrogen-bond donors (Lipinski definition) is 2. The molecule has 204 valence electrons. The number of carboxylic acids is 1. The zero-order chi connectivity index (χ0) is 27.2. The van der Waals surface area contributed by atoms with E-state index in [4.69, 9.17) is 18.9 Å². The third kappa shape index (κ3) is 6.00. The lowest BCUT2D eigenvalue weighted by molar-refractivity contribution is -0.146. The highest BCUT2D eigenvalue weighted by Crippen LogP contribution is 2.37. The van der Waals surface area contributed by atoms with Crippen molar-refractivity contribution in [3.8, 4) is 11.5 Å². The summed E-state index contributed by atoms with van der Waals surface area (Å²) >= 11 is 0. The Labute approximate surface area is 220 Å². The Bertz CT molecular complexity index is 1150. The van der Waals surface area contributed by atoms with Crippen LogP contribution in [0.25, 0.3) is 0 Å². The number of methoxy groups -OCH3 is 2. The number of ether oxygens (including phenoxy) is 4. The average Bonchev–Trinajstić information content (AvgIpc) is 2.92. The molecule has 2 aliphatic heterocycles. The summed E-state index contributed by atoms with van der Waals surface area (Å²) in [5.74, 6) is -0.441. The third-order valence-electron chi connectivity index (χ3n) is 6.91. The van der Waals surface area contributed by atoms with Crippen molar-refractivity contribution in [2.75, 3.05) is 45.4 Å². The Hall–Kier alpha value is -3.83. The number of benzene rings is 2. The van der Waals surface area contributed by atoms with Gasteiger partial charge in [0.15, 0.2) is 6.61 Å². The summed E-state index contributed by atoms with van der Waals surface area (Å²) < 4.78 is 22.2. The molecule has 0 spiro atoms. The van der Waals surface area contributed by atoms with Crippen LogP contribution in [-0.4, -0.2) is 85.8 Å². The largest absolute Gasteiger partial charge is 0.497 e. The first-order valence-electron chi connectivity index (χ1n) is 12.3. The molecule has 2 aromatic carbocycles. The van der Waals surface area contributed by atoms with Crippen molar-refractivity contribution in [3.63, 3.8) is 0 Å². The number of amides is 2. The third-order valence-corrected chi connectivity index (χ3v) is 6.91. The van der Waals surface area contributed by atoms with Crippen LogP contribution in [0.3, 0.4) is 0 Å². The van der Waals surface area contributed by atoms with Crippen LogP contribution in [-0.2, 0) is 25.7 Å². The molecule has 1 fully saturated rings. The lowest BCUT2D eigenvalue weighted by Gasteiger charge is -2.41. The summed E-state index contributed by atoms with van der Waals surface area (Å²) in [4.78, 5) is 38.9. The number of likely N-dealkylation sites (tertiary alicyclic amines) is 1. The molecule has 38 heavy (non-hydrogen) atoms. The maximum atomic E-state index is 12.5. The Morgan fingerprint density at radius 3 is 2.53 bits per heavy atom. The van der Waals surface area contributed by atoms with E-state index in [0.717, 1.165) is 16.0 Å². The van der Waals surface area contributed by atoms with E-state index in [1.54, 1.807) is 37.3 Å². The zero-order valence-electron chi connectivity index (χ0n) is 21.4. The normalized spacial score (nSPS) is 21.0. The number of piperidine rings is 1. The van der Waals surface area contributed by atoms with Crippen LogP contribution in [0.2, 0.25) is 0 Å². The minimum absolute atomic E-state index is 0.0305. The van der Waals surface area contributed by atoms with Gasteiger partial charge >= 0.3 is 12.1 Å². The molecule has 1 saturated heterocycles. The van der Waals surface area contributed by atoms with E-state index < -0.39 is 24.2 Å². The van der Waals surface area contributed by atoms with E-state index >= 15 is 0 Å². The van der Waals surface area contributed by atoms with Gasteiger partial charge in [0.2, 0.25) is 0 Å². The van der Waals surface area contributed by atoms with Crippen molar-refractivity contribution in [2.45, 2.75) is 37.5 Å². The minimum atomic E-state index is -1.31. The van der Waals surface area contributed by atoms with Crippen LogP contribution in [0.5, 0.6) is 11.5 Å². The van der Waals surface area contributed by atoms with E-state index in [-0.39, 0.29) is 38.0 Å². The monoisotopic (exact) mass is 528 g/mol. The van der Waals surface area contributed by atoms with Gasteiger partial charge in [-0.25, -0.2) is 9.59 Å². The number of rotatable bonds is 10. The van der Waals surface area contributed by atoms with E-state index in [2.05, 4.69) is 0 Å². The second-order valence-electron chi connectivity index (χ2n) is 9.24. The van der Waals surface area contributed by atoms with Gasteiger partial charge in [0.25, 0.3) is 5.91 Å². The molecule has 0 unspecified atom stereocenters. The predicted molar refractivity (Wildman–Crippen MR) is 136 cm³/mol. The molecule has 0 aliphatic carbocycles. The molecular weight excluding hydrogens is 496 g/mol. The molecule has 2 aliphatic rings. The molecular formula is C27H32N2O9. The van der Waals surface area contributed by atoms with Crippen LogP contribution in [0.15, 0.2) is 42.5 Å². The number of fused-ring (bicyclic) bond motifs is 1. The van der Waals surface area contributed by atoms with Crippen LogP contribution in [0, 0.1) is 0 Å². The fraction of sp³-hybridized carbons (Fsp3) is 0.444. The van der Waals surface area contributed by atoms with Gasteiger partial charge in [0.05, 0.1) is 32.1 Å². The molecule has 4 rings (SSSR count). The van der Waals surface area contributed by atoms with Gasteiger partial charge in [0, 0.05) is 26.2 Å². The first kappa shape index (κ1) is 27.2. The highest BCUT2D eigenvalue weighted by atomic mass is 16.5. The SMILES string of the molecule is COCCCN1C(=O)COc2ccc(CO[C@H]3CN(C(=O)O)[C@@H](C(=O)O)C[C@@H]3c3ccc(OC)cc3)cc21. The van der Waals surface area contributed by atoms with Crippen molar-refractivity contribution >= 4 is 23.7 Å². The van der Waals surface area contributed by atoms with Crippen molar-refractivity contribution in [2.24, 2.45) is 0 Å². The van der Waals surface area contributed by atoms with E-state index in [1.807, 2.05) is 24.3 Å². The highest BCUT2D eigenvalue weighted by molar-refractivity contribution is 5.97. The van der Waals surface area contributed by atoms with Gasteiger partial charge in [-0.2, -0.15) is 0 Å². The van der Waals surface area contributed by atoms with Gasteiger partial charge in [0.1, 0.15) is 17.5 Å². The quantitative estimate of drug-likeness (QED) is 0.446. The summed E-state index contributed by atoms with van der Waals surface area (Å²) in [7, 11) is 3.17. The molecule has 0 saturated carbocycles. The van der Waals surface area contributed by atoms with Crippen molar-refractivity contribution in [1.29, 1.82) is 0 Å². The second-order valence-corrected chi connectivity index (χ2v) is 9.24. The van der Waals surface area contributed by atoms with Crippen LogP contribution in [0.1, 0.15) is 29.9 Å². The number of nitrogens with zero attached hydrogens (tertiary/aromatic N) is 2. The smallest absolute Gasteiger partial charge is 0.408 e. The number of carbonyl (C=O) groups excluding carboxylic acids is 1. The van der Waals surface area contributed by atoms with Crippen molar-refractivity contribution in [3.05, 3.63) is 53.6 Å². The summed E-state index contributed by atoms with van der Waals surface area (Å²) in [5, 5.41) is 19.4. The van der Waals surface area contributed by atoms with Crippen molar-refractivity contribution in [1.82, 2.24) is 4.90 Å². The number of aliphatic carboxylic acids is 1. The highest BCUT2D eigenvalue weighted by Gasteiger charge is 2.42. The standard InChI is InChI=1S/C27H32N2O9/c1-35-11-3-10-28-21-12-17(4-9-23(21)38-16-25(28)30)15-37-24-14-29(27(33)34)22(26(31)32)13-20(24)18-5-7-19(36-2)8-6-18/h4-9,12,20,22,24H,3,10-11,13-16H2,1-2H3,(H,31,32)(H,33,34)/t20-,22-,24+/m1/s1. The van der Waals surface area contributed by atoms with Gasteiger partial charge in [-0.1, -0.05) is 18.2 Å². The summed E-state index contributed by atoms with van der Waals surface area (Å²) in [6.45, 7) is 1.01. The molecule has 0 aromatic heterocycles. The van der Waals surface area contributed by atoms with Gasteiger partial charge in [-0.05, 0) is 48.2 Å². The predicted octanol–water partition coefficient (Wildman–Crippen LogP) is 2.96. The van der Waals surface area contributed by atoms with Gasteiger partial charge < -0.3 is 34.1 Å². The fourth-order valence-corrected chi connectivity index (χ4v) is 4.94. The first-order valence-corrected chi connectivity index (χ1v) is 12.3. The van der Waals surface area contributed by atoms with Crippen molar-refractivity contribution < 1.29 is 43.5 Å². The lowest BCUT2D eigenvalue weighted by Crippen LogP contribution is -2.55. The number of carboxylic acid groups (broad SMARTS) is 2. The van der Waals surface area contributed by atoms with Crippen LogP contribution in [0.4, 0.5) is 10.5 Å². The van der Waals surface area contributed by atoms with Crippen LogP contribution < -0.4 is 14.4 Å². The molecule has 11 heteroatoms. The fourth-order valence-electron chi connectivity index (χ4n) is 4.94. The van der Waals surface area contributed by atoms with E-state index in [1.165, 1.54) is 0 Å². The summed E-state index contributed by atoms with van der Waals surface area (Å²) in [5.41, 5.74) is 2.25. The van der Waals surface area contributed by atoms with E-state index in [9.17, 15) is 24.6 Å². The number of carbonyl (C=O) groups is 3. The number of hydrogen-bond acceptors (Lipinski definition) is 7. The topological polar surface area (TPSA) is 135 Å². The van der Waals surface area contributed by atoms with Gasteiger partial charge in [-0.3, -0.25) is 9.69 Å². The molecule has 3 atom stereocenters. The summed E-state index contributed by atoms with van der Waals surface area (Å²) in [6, 6.07) is 11.5. The first-order chi connectivity index (χ1) is 18.3. The molecule has 0 bridgehead atoms. The molecule has 11 nitrogen and oxygen atoms in total. The molecule has 2 heterocycles. The molecule has 2 amide bonds. The Morgan fingerprint density at radius 2 is 1.87 bits per heavy atom. The lowest BCUT2D eigenvalue weighted by atomic mass is 9.83. The molecule has 2 aromatic rings. The maximum Gasteiger partial charge on any atom is 0.408 e. The maximum absolute atomic E-state index is 12.5. The van der Waals surface area contributed by atoms with E-state index in [0.29, 0.717) is 36.8 Å². The Morgan fingerprint density at radius 1 is 1.11 bits per heavy atom. The Kier molecular flexibility index (Phi) is 8.70. The Balaban J connectivity index is 1.56. The minimum Gasteiger partial charge on any atom is -0.497 e. The number of anilines is 1. The summed E-state index contributed by atoms with van der Waals surface area (Å²) in [6.07, 6.45) is -1.17. The molecule has 0 radical (unpaired) electrons. The van der Waals surface area contributed by atoms with Gasteiger partial charge in [-0.15, -0.1) is 0 Å². The second kappa shape index (κ2) is 12.1. The zero-order valence-corrected chi connectivity index (χ0v) is 21.4. The van der Waals surface area contributed by atoms with Crippen LogP contribution >= 0.6 is 0 Å². The average molecular weight is 529 g/mol. The molecule has 2 N–H and O–H groups in total.